The Labute approximate surface area is 175 Å². The molecule has 6 heteroatoms. The fraction of sp³-hybridized carbons (Fsp3) is 0.348. The summed E-state index contributed by atoms with van der Waals surface area (Å²) in [6, 6.07) is 16.8. The number of hydrogen-bond acceptors (Lipinski definition) is 4. The summed E-state index contributed by atoms with van der Waals surface area (Å²) in [4.78, 5) is 29.6. The molecule has 2 amide bonds. The van der Waals surface area contributed by atoms with Crippen LogP contribution in [0.15, 0.2) is 54.6 Å². The number of rotatable bonds is 9. The van der Waals surface area contributed by atoms with Gasteiger partial charge >= 0.3 is 0 Å². The fourth-order valence-corrected chi connectivity index (χ4v) is 4.13. The van der Waals surface area contributed by atoms with Crippen molar-refractivity contribution in [1.29, 1.82) is 0 Å². The van der Waals surface area contributed by atoms with E-state index in [0.717, 1.165) is 28.9 Å². The van der Waals surface area contributed by atoms with Crippen molar-refractivity contribution >= 4 is 33.4 Å². The van der Waals surface area contributed by atoms with Gasteiger partial charge in [-0.25, -0.2) is 4.98 Å². The van der Waals surface area contributed by atoms with Crippen LogP contribution >= 0.6 is 11.3 Å². The van der Waals surface area contributed by atoms with Crippen LogP contribution in [-0.4, -0.2) is 23.3 Å². The van der Waals surface area contributed by atoms with E-state index in [2.05, 4.69) is 21.7 Å². The van der Waals surface area contributed by atoms with Crippen molar-refractivity contribution < 1.29 is 9.59 Å². The summed E-state index contributed by atoms with van der Waals surface area (Å²) in [5.74, 6) is -0.0561. The van der Waals surface area contributed by atoms with Crippen LogP contribution < -0.4 is 10.6 Å². The highest BCUT2D eigenvalue weighted by molar-refractivity contribution is 7.18. The number of carbonyl (C=O) groups excluding carboxylic acids is 2. The number of nitrogens with zero attached hydrogens (tertiary/aromatic N) is 1. The third-order valence-corrected chi connectivity index (χ3v) is 5.60. The molecule has 3 rings (SSSR count). The molecule has 0 spiro atoms. The van der Waals surface area contributed by atoms with Crippen molar-refractivity contribution in [3.05, 3.63) is 65.2 Å². The van der Waals surface area contributed by atoms with E-state index in [0.29, 0.717) is 13.0 Å². The lowest BCUT2D eigenvalue weighted by Crippen LogP contribution is -2.41. The van der Waals surface area contributed by atoms with Crippen LogP contribution in [0.5, 0.6) is 0 Å². The molecule has 0 bridgehead atoms. The van der Waals surface area contributed by atoms with Crippen molar-refractivity contribution in [3.63, 3.8) is 0 Å². The Kier molecular flexibility index (Phi) is 7.36. The Balaban J connectivity index is 1.55. The van der Waals surface area contributed by atoms with Crippen molar-refractivity contribution in [3.8, 4) is 0 Å². The summed E-state index contributed by atoms with van der Waals surface area (Å²) in [5.41, 5.74) is 1.81. The molecular weight excluding hydrogens is 382 g/mol. The molecule has 1 aromatic heterocycles. The number of aryl methyl sites for hydroxylation is 1. The van der Waals surface area contributed by atoms with Crippen LogP contribution in [0.3, 0.4) is 0 Å². The molecule has 0 saturated carbocycles. The highest BCUT2D eigenvalue weighted by Gasteiger charge is 2.22. The molecule has 152 valence electrons. The van der Waals surface area contributed by atoms with Gasteiger partial charge in [-0.2, -0.15) is 0 Å². The summed E-state index contributed by atoms with van der Waals surface area (Å²) in [6.07, 6.45) is 2.01. The first-order chi connectivity index (χ1) is 14.0. The fourth-order valence-electron chi connectivity index (χ4n) is 3.12. The Morgan fingerprint density at radius 3 is 2.48 bits per heavy atom. The average molecular weight is 410 g/mol. The maximum atomic E-state index is 12.8. The van der Waals surface area contributed by atoms with Gasteiger partial charge in [0.05, 0.1) is 15.2 Å². The van der Waals surface area contributed by atoms with Gasteiger partial charge in [-0.3, -0.25) is 9.59 Å². The molecule has 5 nitrogen and oxygen atoms in total. The molecule has 1 unspecified atom stereocenters. The summed E-state index contributed by atoms with van der Waals surface area (Å²) in [7, 11) is 0. The molecule has 3 aromatic rings. The predicted molar refractivity (Wildman–Crippen MR) is 118 cm³/mol. The lowest BCUT2D eigenvalue weighted by Gasteiger charge is -2.19. The first-order valence-corrected chi connectivity index (χ1v) is 10.8. The van der Waals surface area contributed by atoms with Gasteiger partial charge < -0.3 is 10.6 Å². The van der Waals surface area contributed by atoms with E-state index >= 15 is 0 Å². The number of amides is 2. The van der Waals surface area contributed by atoms with Crippen molar-refractivity contribution in [2.24, 2.45) is 5.92 Å². The monoisotopic (exact) mass is 409 g/mol. The molecule has 29 heavy (non-hydrogen) atoms. The van der Waals surface area contributed by atoms with Crippen molar-refractivity contribution in [2.75, 3.05) is 6.54 Å². The molecule has 2 N–H and O–H groups in total. The summed E-state index contributed by atoms with van der Waals surface area (Å²) in [6.45, 7) is 4.51. The van der Waals surface area contributed by atoms with E-state index in [4.69, 9.17) is 0 Å². The molecule has 1 heterocycles. The number of benzene rings is 2. The van der Waals surface area contributed by atoms with E-state index in [1.807, 2.05) is 62.4 Å². The topological polar surface area (TPSA) is 71.1 Å². The van der Waals surface area contributed by atoms with Crippen LogP contribution in [0.2, 0.25) is 0 Å². The Bertz CT molecular complexity index is 920. The second kappa shape index (κ2) is 10.2. The Morgan fingerprint density at radius 1 is 1.03 bits per heavy atom. The van der Waals surface area contributed by atoms with E-state index in [-0.39, 0.29) is 17.7 Å². The van der Waals surface area contributed by atoms with E-state index in [9.17, 15) is 9.59 Å². The van der Waals surface area contributed by atoms with E-state index in [1.54, 1.807) is 11.3 Å². The third-order valence-electron chi connectivity index (χ3n) is 4.50. The van der Waals surface area contributed by atoms with Gasteiger partial charge in [0.15, 0.2) is 0 Å². The number of fused-ring (bicyclic) bond motifs is 1. The van der Waals surface area contributed by atoms with Crippen LogP contribution in [0.1, 0.15) is 43.3 Å². The number of nitrogens with one attached hydrogen (secondary N) is 2. The molecule has 0 aliphatic rings. The van der Waals surface area contributed by atoms with Gasteiger partial charge in [0.2, 0.25) is 11.8 Å². The molecule has 2 aromatic carbocycles. The zero-order valence-electron chi connectivity index (χ0n) is 16.9. The molecule has 1 atom stereocenters. The molecule has 0 aliphatic carbocycles. The minimum Gasteiger partial charge on any atom is -0.354 e. The molecule has 0 fully saturated rings. The smallest absolute Gasteiger partial charge is 0.247 e. The third kappa shape index (κ3) is 6.12. The minimum atomic E-state index is -0.676. The number of aromatic nitrogens is 1. The second-order valence-electron chi connectivity index (χ2n) is 7.48. The molecular formula is C23H27N3O2S. The lowest BCUT2D eigenvalue weighted by molar-refractivity contribution is -0.129. The van der Waals surface area contributed by atoms with Crippen LogP contribution in [-0.2, 0) is 16.0 Å². The van der Waals surface area contributed by atoms with Crippen LogP contribution in [0.25, 0.3) is 10.2 Å². The summed E-state index contributed by atoms with van der Waals surface area (Å²) >= 11 is 1.69. The zero-order valence-corrected chi connectivity index (χ0v) is 17.7. The SMILES string of the molecule is CC(C)CC(=O)NC(C(=O)NCCCc1nc2ccccc2s1)c1ccccc1. The maximum Gasteiger partial charge on any atom is 0.247 e. The first kappa shape index (κ1) is 21.0. The van der Waals surface area contributed by atoms with Gasteiger partial charge in [0.1, 0.15) is 6.04 Å². The quantitative estimate of drug-likeness (QED) is 0.519. The zero-order chi connectivity index (χ0) is 20.6. The van der Waals surface area contributed by atoms with E-state index in [1.165, 1.54) is 4.70 Å². The Morgan fingerprint density at radius 2 is 1.76 bits per heavy atom. The number of para-hydroxylation sites is 1. The second-order valence-corrected chi connectivity index (χ2v) is 8.59. The van der Waals surface area contributed by atoms with Gasteiger partial charge in [0, 0.05) is 19.4 Å². The molecule has 0 radical (unpaired) electrons. The van der Waals surface area contributed by atoms with Crippen molar-refractivity contribution in [1.82, 2.24) is 15.6 Å². The normalized spacial score (nSPS) is 12.1. The highest BCUT2D eigenvalue weighted by atomic mass is 32.1. The molecule has 0 saturated heterocycles. The van der Waals surface area contributed by atoms with Gasteiger partial charge in [0.25, 0.3) is 0 Å². The minimum absolute atomic E-state index is 0.113. The van der Waals surface area contributed by atoms with Gasteiger partial charge in [-0.15, -0.1) is 11.3 Å². The van der Waals surface area contributed by atoms with Gasteiger partial charge in [-0.05, 0) is 30.0 Å². The highest BCUT2D eigenvalue weighted by Crippen LogP contribution is 2.22. The standard InChI is InChI=1S/C23H27N3O2S/c1-16(2)15-20(27)26-22(17-9-4-3-5-10-17)23(28)24-14-8-13-21-25-18-11-6-7-12-19(18)29-21/h3-7,9-12,16,22H,8,13-15H2,1-2H3,(H,24,28)(H,26,27). The van der Waals surface area contributed by atoms with Gasteiger partial charge in [-0.1, -0.05) is 56.3 Å². The number of thiazole rings is 1. The maximum absolute atomic E-state index is 12.8. The Hall–Kier alpha value is -2.73. The lowest BCUT2D eigenvalue weighted by atomic mass is 10.0. The van der Waals surface area contributed by atoms with Crippen molar-refractivity contribution in [2.45, 2.75) is 39.2 Å². The average Bonchev–Trinajstić information content (AvgIpc) is 3.12. The number of hydrogen-bond donors (Lipinski definition) is 2. The predicted octanol–water partition coefficient (Wildman–Crippen LogP) is 4.25. The summed E-state index contributed by atoms with van der Waals surface area (Å²) in [5, 5.41) is 6.92. The largest absolute Gasteiger partial charge is 0.354 e. The number of carbonyl (C=O) groups is 2. The summed E-state index contributed by atoms with van der Waals surface area (Å²) < 4.78 is 1.18. The van der Waals surface area contributed by atoms with E-state index < -0.39 is 6.04 Å². The molecule has 0 aliphatic heterocycles. The van der Waals surface area contributed by atoms with Crippen LogP contribution in [0.4, 0.5) is 0 Å². The first-order valence-electron chi connectivity index (χ1n) is 9.99. The van der Waals surface area contributed by atoms with Crippen LogP contribution in [0, 0.1) is 5.92 Å².